The smallest absolute Gasteiger partial charge is 0.312 e. The fourth-order valence-corrected chi connectivity index (χ4v) is 1.65. The second-order valence-corrected chi connectivity index (χ2v) is 4.02. The molecule has 1 N–H and O–H groups in total. The van der Waals surface area contributed by atoms with Crippen molar-refractivity contribution in [3.63, 3.8) is 0 Å². The molecule has 0 saturated heterocycles. The van der Waals surface area contributed by atoms with Gasteiger partial charge in [0.2, 0.25) is 0 Å². The zero-order chi connectivity index (χ0) is 11.0. The first-order valence-corrected chi connectivity index (χ1v) is 5.11. The molecule has 0 aliphatic rings. The van der Waals surface area contributed by atoms with Crippen LogP contribution in [-0.4, -0.2) is 9.55 Å². The molecule has 0 radical (unpaired) electrons. The van der Waals surface area contributed by atoms with Crippen LogP contribution < -0.4 is 5.69 Å². The normalized spacial score (nSPS) is 10.6. The van der Waals surface area contributed by atoms with Crippen LogP contribution in [0.3, 0.4) is 0 Å². The van der Waals surface area contributed by atoms with E-state index in [4.69, 9.17) is 0 Å². The van der Waals surface area contributed by atoms with Crippen molar-refractivity contribution in [1.82, 2.24) is 9.55 Å². The summed E-state index contributed by atoms with van der Waals surface area (Å²) in [4.78, 5) is 14.0. The van der Waals surface area contributed by atoms with Gasteiger partial charge in [0, 0.05) is 11.9 Å². The monoisotopic (exact) mass is 270 g/mol. The first-order chi connectivity index (χ1) is 7.09. The van der Waals surface area contributed by atoms with Crippen LogP contribution in [0.15, 0.2) is 33.7 Å². The lowest BCUT2D eigenvalue weighted by atomic mass is 10.3. The summed E-state index contributed by atoms with van der Waals surface area (Å²) in [6, 6.07) is 4.56. The Kier molecular flexibility index (Phi) is 2.48. The summed E-state index contributed by atoms with van der Waals surface area (Å²) in [5.74, 6) is -0.389. The van der Waals surface area contributed by atoms with Gasteiger partial charge in [0.05, 0.1) is 10.2 Å². The van der Waals surface area contributed by atoms with E-state index in [9.17, 15) is 9.18 Å². The second-order valence-electron chi connectivity index (χ2n) is 3.17. The maximum absolute atomic E-state index is 13.3. The van der Waals surface area contributed by atoms with Crippen LogP contribution in [0.4, 0.5) is 4.39 Å². The molecule has 0 unspecified atom stereocenters. The maximum Gasteiger partial charge on any atom is 0.330 e. The Balaban J connectivity index is 2.65. The summed E-state index contributed by atoms with van der Waals surface area (Å²) < 4.78 is 15.1. The summed E-state index contributed by atoms with van der Waals surface area (Å²) in [6.45, 7) is 1.78. The molecular formula is C10H8BrFN2O. The zero-order valence-corrected chi connectivity index (χ0v) is 9.51. The van der Waals surface area contributed by atoms with Crippen LogP contribution in [0.1, 0.15) is 5.69 Å². The molecule has 1 aromatic heterocycles. The summed E-state index contributed by atoms with van der Waals surface area (Å²) in [5, 5.41) is 0. The number of imidazole rings is 1. The fraction of sp³-hybridized carbons (Fsp3) is 0.100. The molecule has 2 aromatic rings. The van der Waals surface area contributed by atoms with Gasteiger partial charge in [-0.2, -0.15) is 0 Å². The van der Waals surface area contributed by atoms with Gasteiger partial charge in [0.15, 0.2) is 0 Å². The van der Waals surface area contributed by atoms with Gasteiger partial charge in [-0.25, -0.2) is 9.18 Å². The van der Waals surface area contributed by atoms with Crippen molar-refractivity contribution >= 4 is 15.9 Å². The number of rotatable bonds is 1. The summed E-state index contributed by atoms with van der Waals surface area (Å²) >= 11 is 3.06. The minimum atomic E-state index is -0.389. The SMILES string of the molecule is Cc1c[nH]c(=O)n1-c1ccc(Br)c(F)c1. The van der Waals surface area contributed by atoms with E-state index in [2.05, 4.69) is 20.9 Å². The van der Waals surface area contributed by atoms with E-state index in [0.29, 0.717) is 10.2 Å². The molecule has 0 atom stereocenters. The highest BCUT2D eigenvalue weighted by atomic mass is 79.9. The van der Waals surface area contributed by atoms with Crippen molar-refractivity contribution in [2.24, 2.45) is 0 Å². The molecule has 0 saturated carbocycles. The van der Waals surface area contributed by atoms with Gasteiger partial charge in [-0.3, -0.25) is 4.57 Å². The lowest BCUT2D eigenvalue weighted by Crippen LogP contribution is -2.15. The van der Waals surface area contributed by atoms with Crippen molar-refractivity contribution in [2.45, 2.75) is 6.92 Å². The minimum absolute atomic E-state index is 0.269. The number of benzene rings is 1. The highest BCUT2D eigenvalue weighted by Gasteiger charge is 2.07. The number of H-pyrrole nitrogens is 1. The van der Waals surface area contributed by atoms with Crippen molar-refractivity contribution in [3.8, 4) is 5.69 Å². The molecule has 0 aliphatic heterocycles. The van der Waals surface area contributed by atoms with Gasteiger partial charge >= 0.3 is 5.69 Å². The molecule has 3 nitrogen and oxygen atoms in total. The van der Waals surface area contributed by atoms with Gasteiger partial charge in [-0.1, -0.05) is 0 Å². The number of aromatic nitrogens is 2. The number of aromatic amines is 1. The average Bonchev–Trinajstić information content (AvgIpc) is 2.52. The summed E-state index contributed by atoms with van der Waals surface area (Å²) in [6.07, 6.45) is 1.59. The van der Waals surface area contributed by atoms with Gasteiger partial charge in [0.1, 0.15) is 5.82 Å². The quantitative estimate of drug-likeness (QED) is 0.849. The molecule has 0 spiro atoms. The standard InChI is InChI=1S/C10H8BrFN2O/c1-6-5-13-10(15)14(6)7-2-3-8(11)9(12)4-7/h2-5H,1H3,(H,13,15). The highest BCUT2D eigenvalue weighted by Crippen LogP contribution is 2.18. The first-order valence-electron chi connectivity index (χ1n) is 4.32. The van der Waals surface area contributed by atoms with Gasteiger partial charge in [-0.15, -0.1) is 0 Å². The number of halogens is 2. The Labute approximate surface area is 93.7 Å². The Morgan fingerprint density at radius 1 is 1.47 bits per heavy atom. The Morgan fingerprint density at radius 3 is 2.73 bits per heavy atom. The van der Waals surface area contributed by atoms with Crippen LogP contribution in [-0.2, 0) is 0 Å². The molecule has 15 heavy (non-hydrogen) atoms. The van der Waals surface area contributed by atoms with Crippen LogP contribution in [0, 0.1) is 12.7 Å². The number of hydrogen-bond donors (Lipinski definition) is 1. The van der Waals surface area contributed by atoms with E-state index in [1.165, 1.54) is 10.6 Å². The third-order valence-corrected chi connectivity index (χ3v) is 2.76. The Morgan fingerprint density at radius 2 is 2.20 bits per heavy atom. The van der Waals surface area contributed by atoms with E-state index < -0.39 is 0 Å². The molecule has 0 amide bonds. The molecular weight excluding hydrogens is 263 g/mol. The van der Waals surface area contributed by atoms with E-state index in [0.717, 1.165) is 5.69 Å². The summed E-state index contributed by atoms with van der Waals surface area (Å²) in [7, 11) is 0. The van der Waals surface area contributed by atoms with Crippen molar-refractivity contribution in [2.75, 3.05) is 0 Å². The topological polar surface area (TPSA) is 37.8 Å². The van der Waals surface area contributed by atoms with Gasteiger partial charge in [0.25, 0.3) is 0 Å². The fourth-order valence-electron chi connectivity index (χ4n) is 1.40. The van der Waals surface area contributed by atoms with Crippen LogP contribution in [0.25, 0.3) is 5.69 Å². The average molecular weight is 271 g/mol. The highest BCUT2D eigenvalue weighted by molar-refractivity contribution is 9.10. The third-order valence-electron chi connectivity index (χ3n) is 2.12. The lowest BCUT2D eigenvalue weighted by Gasteiger charge is -2.04. The predicted molar refractivity (Wildman–Crippen MR) is 58.8 cm³/mol. The minimum Gasteiger partial charge on any atom is -0.312 e. The Bertz CT molecular complexity index is 559. The predicted octanol–water partition coefficient (Wildman–Crippen LogP) is 2.38. The maximum atomic E-state index is 13.3. The molecule has 5 heteroatoms. The third kappa shape index (κ3) is 1.74. The van der Waals surface area contributed by atoms with E-state index in [-0.39, 0.29) is 11.5 Å². The molecule has 0 fully saturated rings. The molecule has 1 aromatic carbocycles. The molecule has 78 valence electrons. The van der Waals surface area contributed by atoms with Crippen molar-refractivity contribution < 1.29 is 4.39 Å². The van der Waals surface area contributed by atoms with E-state index in [1.54, 1.807) is 25.3 Å². The van der Waals surface area contributed by atoms with Crippen LogP contribution in [0.5, 0.6) is 0 Å². The molecule has 2 rings (SSSR count). The first kappa shape index (κ1) is 10.2. The number of nitrogens with zero attached hydrogens (tertiary/aromatic N) is 1. The second kappa shape index (κ2) is 3.66. The van der Waals surface area contributed by atoms with Crippen LogP contribution >= 0.6 is 15.9 Å². The number of nitrogens with one attached hydrogen (secondary N) is 1. The Hall–Kier alpha value is -1.36. The summed E-state index contributed by atoms with van der Waals surface area (Å²) in [5.41, 5.74) is 0.982. The van der Waals surface area contributed by atoms with Crippen LogP contribution in [0.2, 0.25) is 0 Å². The molecule has 1 heterocycles. The lowest BCUT2D eigenvalue weighted by molar-refractivity contribution is 0.619. The molecule has 0 bridgehead atoms. The number of aryl methyl sites for hydroxylation is 1. The van der Waals surface area contributed by atoms with E-state index >= 15 is 0 Å². The van der Waals surface area contributed by atoms with Crippen molar-refractivity contribution in [3.05, 3.63) is 50.9 Å². The molecule has 0 aliphatic carbocycles. The van der Waals surface area contributed by atoms with Crippen molar-refractivity contribution in [1.29, 1.82) is 0 Å². The largest absolute Gasteiger partial charge is 0.330 e. The van der Waals surface area contributed by atoms with E-state index in [1.807, 2.05) is 0 Å². The zero-order valence-electron chi connectivity index (χ0n) is 7.92. The van der Waals surface area contributed by atoms with Gasteiger partial charge < -0.3 is 4.98 Å². The number of hydrogen-bond acceptors (Lipinski definition) is 1. The van der Waals surface area contributed by atoms with Gasteiger partial charge in [-0.05, 0) is 41.1 Å².